The van der Waals surface area contributed by atoms with Crippen LogP contribution >= 0.6 is 0 Å². The van der Waals surface area contributed by atoms with Gasteiger partial charge in [0.25, 0.3) is 0 Å². The van der Waals surface area contributed by atoms with E-state index in [4.69, 9.17) is 9.84 Å². The lowest BCUT2D eigenvalue weighted by atomic mass is 10.0. The number of nitrogens with zero attached hydrogens (tertiary/aromatic N) is 1. The molecule has 4 nitrogen and oxygen atoms in total. The molecule has 1 fully saturated rings. The van der Waals surface area contributed by atoms with Gasteiger partial charge in [-0.1, -0.05) is 6.42 Å². The molecular weight excluding hydrogens is 204 g/mol. The zero-order valence-electron chi connectivity index (χ0n) is 10.5. The summed E-state index contributed by atoms with van der Waals surface area (Å²) in [5, 5.41) is 11.9. The Hall–Kier alpha value is -0.160. The third-order valence-corrected chi connectivity index (χ3v) is 3.23. The fourth-order valence-electron chi connectivity index (χ4n) is 2.21. The number of hydrogen-bond donors (Lipinski definition) is 2. The molecule has 0 aromatic carbocycles. The lowest BCUT2D eigenvalue weighted by Crippen LogP contribution is -2.38. The number of aliphatic hydroxyl groups excluding tert-OH is 1. The molecule has 0 saturated carbocycles. The van der Waals surface area contributed by atoms with Crippen LogP contribution in [-0.2, 0) is 4.74 Å². The van der Waals surface area contributed by atoms with Crippen molar-refractivity contribution < 1.29 is 9.84 Å². The van der Waals surface area contributed by atoms with E-state index in [2.05, 4.69) is 17.3 Å². The van der Waals surface area contributed by atoms with Crippen LogP contribution in [0.5, 0.6) is 0 Å². The van der Waals surface area contributed by atoms with Crippen molar-refractivity contribution >= 4 is 0 Å². The van der Waals surface area contributed by atoms with Crippen LogP contribution in [0, 0.1) is 0 Å². The molecule has 1 rings (SSSR count). The summed E-state index contributed by atoms with van der Waals surface area (Å²) >= 11 is 0. The van der Waals surface area contributed by atoms with E-state index in [1.54, 1.807) is 0 Å². The summed E-state index contributed by atoms with van der Waals surface area (Å²) < 4.78 is 5.17. The molecule has 0 spiro atoms. The number of likely N-dealkylation sites (tertiary alicyclic amines) is 1. The maximum atomic E-state index is 8.52. The summed E-state index contributed by atoms with van der Waals surface area (Å²) in [6.07, 6.45) is 5.32. The molecule has 1 atom stereocenters. The van der Waals surface area contributed by atoms with E-state index in [0.717, 1.165) is 19.1 Å². The smallest absolute Gasteiger partial charge is 0.0698 e. The molecule has 4 heteroatoms. The molecule has 96 valence electrons. The Balaban J connectivity index is 1.90. The Labute approximate surface area is 99.0 Å². The maximum absolute atomic E-state index is 8.52. The van der Waals surface area contributed by atoms with Gasteiger partial charge in [0.1, 0.15) is 0 Å². The van der Waals surface area contributed by atoms with Crippen LogP contribution in [0.2, 0.25) is 0 Å². The van der Waals surface area contributed by atoms with Gasteiger partial charge in [0, 0.05) is 12.6 Å². The van der Waals surface area contributed by atoms with Crippen molar-refractivity contribution in [2.24, 2.45) is 0 Å². The van der Waals surface area contributed by atoms with Gasteiger partial charge < -0.3 is 20.1 Å². The summed E-state index contributed by atoms with van der Waals surface area (Å²) in [6, 6.07) is 0.764. The maximum Gasteiger partial charge on any atom is 0.0698 e. The van der Waals surface area contributed by atoms with E-state index in [0.29, 0.717) is 13.2 Å². The molecule has 1 aliphatic rings. The molecule has 16 heavy (non-hydrogen) atoms. The summed E-state index contributed by atoms with van der Waals surface area (Å²) in [5.41, 5.74) is 0. The molecule has 1 unspecified atom stereocenters. The molecule has 1 heterocycles. The topological polar surface area (TPSA) is 44.7 Å². The quantitative estimate of drug-likeness (QED) is 0.595. The minimum atomic E-state index is 0.118. The van der Waals surface area contributed by atoms with Gasteiger partial charge in [0.05, 0.1) is 19.8 Å². The van der Waals surface area contributed by atoms with E-state index >= 15 is 0 Å². The van der Waals surface area contributed by atoms with Crippen LogP contribution in [0.1, 0.15) is 25.7 Å². The van der Waals surface area contributed by atoms with Crippen LogP contribution in [-0.4, -0.2) is 62.6 Å². The second kappa shape index (κ2) is 8.93. The first-order valence-electron chi connectivity index (χ1n) is 6.44. The molecule has 0 aromatic heterocycles. The predicted molar refractivity (Wildman–Crippen MR) is 65.7 cm³/mol. The number of rotatable bonds is 8. The average molecular weight is 230 g/mol. The lowest BCUT2D eigenvalue weighted by Gasteiger charge is -2.32. The standard InChI is InChI=1S/C12H26N2O2/c1-14-8-3-2-4-12(14)5-6-13-7-10-16-11-9-15/h12-13,15H,2-11H2,1H3. The highest BCUT2D eigenvalue weighted by atomic mass is 16.5. The first-order chi connectivity index (χ1) is 7.84. The number of ether oxygens (including phenoxy) is 1. The fraction of sp³-hybridized carbons (Fsp3) is 1.00. The van der Waals surface area contributed by atoms with Crippen molar-refractivity contribution in [1.29, 1.82) is 0 Å². The Morgan fingerprint density at radius 2 is 2.19 bits per heavy atom. The summed E-state index contributed by atoms with van der Waals surface area (Å²) in [5.74, 6) is 0. The van der Waals surface area contributed by atoms with Gasteiger partial charge in [-0.2, -0.15) is 0 Å². The lowest BCUT2D eigenvalue weighted by molar-refractivity contribution is 0.0933. The Bertz CT molecular complexity index is 167. The van der Waals surface area contributed by atoms with E-state index in [-0.39, 0.29) is 6.61 Å². The van der Waals surface area contributed by atoms with Gasteiger partial charge in [0.15, 0.2) is 0 Å². The fourth-order valence-corrected chi connectivity index (χ4v) is 2.21. The highest BCUT2D eigenvalue weighted by Gasteiger charge is 2.17. The molecule has 0 bridgehead atoms. The Kier molecular flexibility index (Phi) is 7.76. The van der Waals surface area contributed by atoms with Gasteiger partial charge in [-0.3, -0.25) is 0 Å². The molecule has 0 aromatic rings. The summed E-state index contributed by atoms with van der Waals surface area (Å²) in [7, 11) is 2.23. The summed E-state index contributed by atoms with van der Waals surface area (Å²) in [6.45, 7) is 4.47. The van der Waals surface area contributed by atoms with Gasteiger partial charge in [-0.15, -0.1) is 0 Å². The minimum absolute atomic E-state index is 0.118. The molecular formula is C12H26N2O2. The van der Waals surface area contributed by atoms with Crippen molar-refractivity contribution in [2.45, 2.75) is 31.7 Å². The third kappa shape index (κ3) is 5.80. The molecule has 2 N–H and O–H groups in total. The highest BCUT2D eigenvalue weighted by Crippen LogP contribution is 2.16. The SMILES string of the molecule is CN1CCCCC1CCNCCOCCO. The van der Waals surface area contributed by atoms with Gasteiger partial charge in [0.2, 0.25) is 0 Å². The van der Waals surface area contributed by atoms with Crippen LogP contribution in [0.4, 0.5) is 0 Å². The first kappa shape index (κ1) is 13.9. The van der Waals surface area contributed by atoms with Crippen LogP contribution in [0.3, 0.4) is 0 Å². The number of piperidine rings is 1. The minimum Gasteiger partial charge on any atom is -0.394 e. The monoisotopic (exact) mass is 230 g/mol. The molecule has 1 saturated heterocycles. The average Bonchev–Trinajstić information content (AvgIpc) is 2.30. The first-order valence-corrected chi connectivity index (χ1v) is 6.44. The van der Waals surface area contributed by atoms with Crippen molar-refractivity contribution in [3.8, 4) is 0 Å². The van der Waals surface area contributed by atoms with Crippen LogP contribution in [0.15, 0.2) is 0 Å². The Morgan fingerprint density at radius 3 is 2.94 bits per heavy atom. The Morgan fingerprint density at radius 1 is 1.31 bits per heavy atom. The van der Waals surface area contributed by atoms with E-state index in [9.17, 15) is 0 Å². The molecule has 1 aliphatic heterocycles. The molecule has 0 aliphatic carbocycles. The van der Waals surface area contributed by atoms with Crippen molar-refractivity contribution in [1.82, 2.24) is 10.2 Å². The number of hydrogen-bond acceptors (Lipinski definition) is 4. The van der Waals surface area contributed by atoms with Gasteiger partial charge in [-0.25, -0.2) is 0 Å². The van der Waals surface area contributed by atoms with E-state index in [1.807, 2.05) is 0 Å². The summed E-state index contributed by atoms with van der Waals surface area (Å²) in [4.78, 5) is 2.48. The predicted octanol–water partition coefficient (Wildman–Crippen LogP) is 0.459. The molecule has 0 radical (unpaired) electrons. The van der Waals surface area contributed by atoms with Gasteiger partial charge >= 0.3 is 0 Å². The largest absolute Gasteiger partial charge is 0.394 e. The van der Waals surface area contributed by atoms with Crippen molar-refractivity contribution in [2.75, 3.05) is 46.5 Å². The second-order valence-corrected chi connectivity index (χ2v) is 4.50. The van der Waals surface area contributed by atoms with Gasteiger partial charge in [-0.05, 0) is 39.4 Å². The van der Waals surface area contributed by atoms with E-state index in [1.165, 1.54) is 32.2 Å². The van der Waals surface area contributed by atoms with E-state index < -0.39 is 0 Å². The zero-order valence-corrected chi connectivity index (χ0v) is 10.5. The van der Waals surface area contributed by atoms with Crippen LogP contribution in [0.25, 0.3) is 0 Å². The van der Waals surface area contributed by atoms with Crippen LogP contribution < -0.4 is 5.32 Å². The third-order valence-electron chi connectivity index (χ3n) is 3.23. The zero-order chi connectivity index (χ0) is 11.6. The molecule has 0 amide bonds. The van der Waals surface area contributed by atoms with Crippen molar-refractivity contribution in [3.05, 3.63) is 0 Å². The number of nitrogens with one attached hydrogen (secondary N) is 1. The number of aliphatic hydroxyl groups is 1. The highest BCUT2D eigenvalue weighted by molar-refractivity contribution is 4.74. The normalized spacial score (nSPS) is 22.5. The second-order valence-electron chi connectivity index (χ2n) is 4.50. The van der Waals surface area contributed by atoms with Crippen molar-refractivity contribution in [3.63, 3.8) is 0 Å².